The number of unbranched alkanes of at least 4 members (excludes halogenated alkanes) is 1. The fourth-order valence-electron chi connectivity index (χ4n) is 1.87. The zero-order valence-electron chi connectivity index (χ0n) is 11.8. The minimum atomic E-state index is 0.145. The number of rotatable bonds is 8. The highest BCUT2D eigenvalue weighted by atomic mass is 16.5. The maximum atomic E-state index is 12.0. The van der Waals surface area contributed by atoms with E-state index in [4.69, 9.17) is 9.84 Å². The first-order valence-corrected chi connectivity index (χ1v) is 6.72. The normalized spacial score (nSPS) is 10.3. The Balaban J connectivity index is 2.52. The first-order chi connectivity index (χ1) is 9.21. The van der Waals surface area contributed by atoms with Gasteiger partial charge in [0.15, 0.2) is 0 Å². The van der Waals surface area contributed by atoms with Gasteiger partial charge in [-0.25, -0.2) is 0 Å². The lowest BCUT2D eigenvalue weighted by molar-refractivity contribution is -0.131. The maximum Gasteiger partial charge on any atom is 0.222 e. The minimum Gasteiger partial charge on any atom is -0.497 e. The SMILES string of the molecule is CCN(Cc1ccc(OC)cc1)C(=O)CCCCO. The van der Waals surface area contributed by atoms with Crippen LogP contribution in [0.1, 0.15) is 31.7 Å². The van der Waals surface area contributed by atoms with Crippen LogP contribution in [0.4, 0.5) is 0 Å². The van der Waals surface area contributed by atoms with Crippen LogP contribution in [0.5, 0.6) is 5.75 Å². The third-order valence-corrected chi connectivity index (χ3v) is 3.07. The summed E-state index contributed by atoms with van der Waals surface area (Å²) in [5, 5.41) is 8.72. The standard InChI is InChI=1S/C15H23NO3/c1-3-16(15(18)6-4-5-11-17)12-13-7-9-14(19-2)10-8-13/h7-10,17H,3-6,11-12H2,1-2H3. The zero-order chi connectivity index (χ0) is 14.1. The van der Waals surface area contributed by atoms with Crippen molar-refractivity contribution in [3.05, 3.63) is 29.8 Å². The molecule has 0 aliphatic carbocycles. The molecule has 1 rings (SSSR count). The van der Waals surface area contributed by atoms with E-state index in [0.29, 0.717) is 25.9 Å². The molecule has 4 heteroatoms. The first-order valence-electron chi connectivity index (χ1n) is 6.72. The third kappa shape index (κ3) is 5.30. The van der Waals surface area contributed by atoms with E-state index >= 15 is 0 Å². The Bertz CT molecular complexity index is 375. The predicted molar refractivity (Wildman–Crippen MR) is 75.0 cm³/mol. The van der Waals surface area contributed by atoms with Crippen LogP contribution in [0.2, 0.25) is 0 Å². The maximum absolute atomic E-state index is 12.0. The Morgan fingerprint density at radius 3 is 2.47 bits per heavy atom. The van der Waals surface area contributed by atoms with Gasteiger partial charge in [-0.05, 0) is 37.5 Å². The van der Waals surface area contributed by atoms with Crippen molar-refractivity contribution in [3.8, 4) is 5.75 Å². The number of benzene rings is 1. The van der Waals surface area contributed by atoms with Crippen LogP contribution in [0, 0.1) is 0 Å². The molecule has 0 unspecified atom stereocenters. The number of aliphatic hydroxyl groups is 1. The summed E-state index contributed by atoms with van der Waals surface area (Å²) in [5.74, 6) is 0.966. The summed E-state index contributed by atoms with van der Waals surface area (Å²) in [7, 11) is 1.64. The summed E-state index contributed by atoms with van der Waals surface area (Å²) in [6.45, 7) is 3.45. The Morgan fingerprint density at radius 1 is 1.26 bits per heavy atom. The lowest BCUT2D eigenvalue weighted by Gasteiger charge is -2.21. The van der Waals surface area contributed by atoms with E-state index in [9.17, 15) is 4.79 Å². The minimum absolute atomic E-state index is 0.145. The lowest BCUT2D eigenvalue weighted by Crippen LogP contribution is -2.30. The van der Waals surface area contributed by atoms with Crippen LogP contribution in [-0.4, -0.2) is 36.2 Å². The van der Waals surface area contributed by atoms with Crippen molar-refractivity contribution in [1.29, 1.82) is 0 Å². The van der Waals surface area contributed by atoms with Crippen molar-refractivity contribution in [3.63, 3.8) is 0 Å². The summed E-state index contributed by atoms with van der Waals surface area (Å²) >= 11 is 0. The van der Waals surface area contributed by atoms with Gasteiger partial charge in [0.1, 0.15) is 5.75 Å². The van der Waals surface area contributed by atoms with Crippen LogP contribution >= 0.6 is 0 Å². The molecular formula is C15H23NO3. The van der Waals surface area contributed by atoms with Gasteiger partial charge in [-0.1, -0.05) is 12.1 Å². The highest BCUT2D eigenvalue weighted by Crippen LogP contribution is 2.13. The van der Waals surface area contributed by atoms with Crippen LogP contribution in [0.25, 0.3) is 0 Å². The van der Waals surface area contributed by atoms with Gasteiger partial charge in [-0.3, -0.25) is 4.79 Å². The van der Waals surface area contributed by atoms with Gasteiger partial charge >= 0.3 is 0 Å². The van der Waals surface area contributed by atoms with Gasteiger partial charge in [0.05, 0.1) is 7.11 Å². The van der Waals surface area contributed by atoms with Gasteiger partial charge in [0.2, 0.25) is 5.91 Å². The number of nitrogens with zero attached hydrogens (tertiary/aromatic N) is 1. The molecule has 0 bridgehead atoms. The Kier molecular flexibility index (Phi) is 6.97. The second-order valence-corrected chi connectivity index (χ2v) is 4.44. The fourth-order valence-corrected chi connectivity index (χ4v) is 1.87. The summed E-state index contributed by atoms with van der Waals surface area (Å²) in [6, 6.07) is 7.75. The average molecular weight is 265 g/mol. The molecule has 1 aromatic carbocycles. The second kappa shape index (κ2) is 8.53. The highest BCUT2D eigenvalue weighted by molar-refractivity contribution is 5.76. The molecule has 0 aromatic heterocycles. The van der Waals surface area contributed by atoms with E-state index in [-0.39, 0.29) is 12.5 Å². The molecule has 0 radical (unpaired) electrons. The van der Waals surface area contributed by atoms with Crippen LogP contribution in [0.3, 0.4) is 0 Å². The molecule has 19 heavy (non-hydrogen) atoms. The van der Waals surface area contributed by atoms with Crippen molar-refractivity contribution >= 4 is 5.91 Å². The number of ether oxygens (including phenoxy) is 1. The summed E-state index contributed by atoms with van der Waals surface area (Å²) < 4.78 is 5.11. The van der Waals surface area contributed by atoms with Crippen LogP contribution in [0.15, 0.2) is 24.3 Å². The van der Waals surface area contributed by atoms with E-state index in [1.54, 1.807) is 7.11 Å². The Labute approximate surface area is 115 Å². The number of hydrogen-bond acceptors (Lipinski definition) is 3. The highest BCUT2D eigenvalue weighted by Gasteiger charge is 2.11. The summed E-state index contributed by atoms with van der Waals surface area (Å²) in [4.78, 5) is 13.8. The zero-order valence-corrected chi connectivity index (χ0v) is 11.8. The topological polar surface area (TPSA) is 49.8 Å². The van der Waals surface area contributed by atoms with Gasteiger partial charge in [-0.2, -0.15) is 0 Å². The van der Waals surface area contributed by atoms with Crippen molar-refractivity contribution in [2.24, 2.45) is 0 Å². The van der Waals surface area contributed by atoms with Crippen molar-refractivity contribution in [2.45, 2.75) is 32.7 Å². The number of carbonyl (C=O) groups is 1. The summed E-state index contributed by atoms with van der Waals surface area (Å²) in [6.07, 6.45) is 1.94. The number of hydrogen-bond donors (Lipinski definition) is 1. The number of carbonyl (C=O) groups excluding carboxylic acids is 1. The van der Waals surface area contributed by atoms with E-state index in [2.05, 4.69) is 0 Å². The number of methoxy groups -OCH3 is 1. The van der Waals surface area contributed by atoms with Gasteiger partial charge in [0.25, 0.3) is 0 Å². The molecule has 0 aliphatic rings. The second-order valence-electron chi connectivity index (χ2n) is 4.44. The smallest absolute Gasteiger partial charge is 0.222 e. The molecule has 0 aliphatic heterocycles. The first kappa shape index (κ1) is 15.5. The molecule has 1 N–H and O–H groups in total. The molecule has 0 saturated carbocycles. The molecule has 106 valence electrons. The molecule has 0 saturated heterocycles. The van der Waals surface area contributed by atoms with E-state index < -0.39 is 0 Å². The monoisotopic (exact) mass is 265 g/mol. The summed E-state index contributed by atoms with van der Waals surface area (Å²) in [5.41, 5.74) is 1.10. The molecule has 0 atom stereocenters. The predicted octanol–water partition coefficient (Wildman–Crippen LogP) is 2.21. The van der Waals surface area contributed by atoms with Crippen molar-refractivity contribution in [2.75, 3.05) is 20.3 Å². The van der Waals surface area contributed by atoms with Gasteiger partial charge in [0, 0.05) is 26.1 Å². The van der Waals surface area contributed by atoms with Crippen molar-refractivity contribution in [1.82, 2.24) is 4.90 Å². The largest absolute Gasteiger partial charge is 0.497 e. The molecular weight excluding hydrogens is 242 g/mol. The van der Waals surface area contributed by atoms with E-state index in [0.717, 1.165) is 17.7 Å². The molecule has 1 amide bonds. The molecule has 0 heterocycles. The van der Waals surface area contributed by atoms with E-state index in [1.807, 2.05) is 36.1 Å². The molecule has 4 nitrogen and oxygen atoms in total. The fraction of sp³-hybridized carbons (Fsp3) is 0.533. The average Bonchev–Trinajstić information content (AvgIpc) is 2.45. The number of aliphatic hydroxyl groups excluding tert-OH is 1. The van der Waals surface area contributed by atoms with E-state index in [1.165, 1.54) is 0 Å². The third-order valence-electron chi connectivity index (χ3n) is 3.07. The Hall–Kier alpha value is -1.55. The van der Waals surface area contributed by atoms with Gasteiger partial charge in [-0.15, -0.1) is 0 Å². The lowest BCUT2D eigenvalue weighted by atomic mass is 10.1. The van der Waals surface area contributed by atoms with Crippen LogP contribution in [-0.2, 0) is 11.3 Å². The number of amides is 1. The molecule has 0 fully saturated rings. The van der Waals surface area contributed by atoms with Crippen molar-refractivity contribution < 1.29 is 14.6 Å². The van der Waals surface area contributed by atoms with Crippen LogP contribution < -0.4 is 4.74 Å². The Morgan fingerprint density at radius 2 is 1.95 bits per heavy atom. The van der Waals surface area contributed by atoms with Gasteiger partial charge < -0.3 is 14.7 Å². The molecule has 0 spiro atoms. The molecule has 1 aromatic rings. The quantitative estimate of drug-likeness (QED) is 0.733.